The van der Waals surface area contributed by atoms with Crippen LogP contribution in [0, 0.1) is 13.3 Å². The van der Waals surface area contributed by atoms with Crippen LogP contribution in [-0.4, -0.2) is 44.4 Å². The largest absolute Gasteiger partial charge is 0.331 e. The molecule has 0 bridgehead atoms. The van der Waals surface area contributed by atoms with Gasteiger partial charge in [0.25, 0.3) is 0 Å². The predicted molar refractivity (Wildman–Crippen MR) is 55.1 cm³/mol. The van der Waals surface area contributed by atoms with E-state index in [0.29, 0.717) is 0 Å². The van der Waals surface area contributed by atoms with Crippen molar-refractivity contribution in [1.29, 1.82) is 0 Å². The maximum absolute atomic E-state index is 4.29. The highest BCUT2D eigenvalue weighted by Gasteiger charge is 2.04. The maximum atomic E-state index is 4.29. The molecule has 70 valence electrons. The smallest absolute Gasteiger partial charge is 0.0798 e. The summed E-state index contributed by atoms with van der Waals surface area (Å²) in [4.78, 5) is 4.29. The van der Waals surface area contributed by atoms with Crippen molar-refractivity contribution in [2.75, 3.05) is 34.2 Å². The number of quaternary nitrogens is 1. The van der Waals surface area contributed by atoms with E-state index in [-0.39, 0.29) is 0 Å². The molecule has 12 heavy (non-hydrogen) atoms. The van der Waals surface area contributed by atoms with E-state index in [1.165, 1.54) is 6.54 Å². The summed E-state index contributed by atoms with van der Waals surface area (Å²) in [7, 11) is 6.59. The molecule has 2 radical (unpaired) electrons. The van der Waals surface area contributed by atoms with Crippen molar-refractivity contribution in [3.05, 3.63) is 13.3 Å². The Labute approximate surface area is 76.9 Å². The van der Waals surface area contributed by atoms with Gasteiger partial charge in [-0.15, -0.1) is 0 Å². The first-order chi connectivity index (χ1) is 5.45. The van der Waals surface area contributed by atoms with Crippen LogP contribution >= 0.6 is 0 Å². The first-order valence-electron chi connectivity index (χ1n) is 4.42. The van der Waals surface area contributed by atoms with Crippen LogP contribution in [0.3, 0.4) is 0 Å². The third kappa shape index (κ3) is 7.73. The van der Waals surface area contributed by atoms with Crippen LogP contribution in [0.2, 0.25) is 0 Å². The third-order valence-corrected chi connectivity index (χ3v) is 1.64. The van der Waals surface area contributed by atoms with E-state index in [4.69, 9.17) is 0 Å². The van der Waals surface area contributed by atoms with Crippen LogP contribution in [-0.2, 0) is 0 Å². The summed E-state index contributed by atoms with van der Waals surface area (Å²) in [6.45, 7) is 7.81. The van der Waals surface area contributed by atoms with Crippen molar-refractivity contribution in [2.45, 2.75) is 13.3 Å². The Morgan fingerprint density at radius 1 is 1.42 bits per heavy atom. The Morgan fingerprint density at radius 2 is 2.00 bits per heavy atom. The molecule has 0 aliphatic carbocycles. The summed E-state index contributed by atoms with van der Waals surface area (Å²) < 4.78 is 1.01. The molecule has 0 heterocycles. The minimum atomic E-state index is 0.899. The maximum Gasteiger partial charge on any atom is 0.0798 e. The van der Waals surface area contributed by atoms with Crippen LogP contribution in [0.5, 0.6) is 0 Å². The molecule has 0 aliphatic heterocycles. The van der Waals surface area contributed by atoms with Gasteiger partial charge in [-0.05, 0) is 6.92 Å². The summed E-state index contributed by atoms with van der Waals surface area (Å²) in [6, 6.07) is 0. The molecule has 0 saturated carbocycles. The van der Waals surface area contributed by atoms with Gasteiger partial charge >= 0.3 is 0 Å². The quantitative estimate of drug-likeness (QED) is 0.337. The van der Waals surface area contributed by atoms with Crippen LogP contribution in [0.15, 0.2) is 4.99 Å². The van der Waals surface area contributed by atoms with Gasteiger partial charge in [0.15, 0.2) is 0 Å². The normalized spacial score (nSPS) is 13.6. The number of aliphatic imine (C=N–C) groups is 1. The monoisotopic (exact) mass is 169 g/mol. The Bertz CT molecular complexity index is 142. The van der Waals surface area contributed by atoms with Gasteiger partial charge in [-0.2, -0.15) is 0 Å². The second-order valence-corrected chi connectivity index (χ2v) is 4.03. The molecule has 0 aromatic rings. The molecular formula is C10H21N2+. The lowest BCUT2D eigenvalue weighted by Crippen LogP contribution is -2.35. The topological polar surface area (TPSA) is 12.4 Å². The Balaban J connectivity index is 3.45. The molecule has 0 saturated heterocycles. The van der Waals surface area contributed by atoms with E-state index in [1.54, 1.807) is 0 Å². The van der Waals surface area contributed by atoms with Gasteiger partial charge in [0, 0.05) is 25.1 Å². The molecule has 2 nitrogen and oxygen atoms in total. The molecule has 0 aliphatic rings. The minimum Gasteiger partial charge on any atom is -0.331 e. The fourth-order valence-corrected chi connectivity index (χ4v) is 0.859. The zero-order valence-electron chi connectivity index (χ0n) is 8.80. The van der Waals surface area contributed by atoms with Crippen LogP contribution in [0.25, 0.3) is 0 Å². The second-order valence-electron chi connectivity index (χ2n) is 4.03. The second kappa shape index (κ2) is 5.31. The molecule has 0 unspecified atom stereocenters. The first-order valence-corrected chi connectivity index (χ1v) is 4.42. The SMILES string of the molecule is [CH2]/C([CH]C)=N/CCC[N+](C)(C)C. The van der Waals surface area contributed by atoms with Crippen molar-refractivity contribution in [3.8, 4) is 0 Å². The van der Waals surface area contributed by atoms with Crippen molar-refractivity contribution in [2.24, 2.45) is 4.99 Å². The van der Waals surface area contributed by atoms with Gasteiger partial charge < -0.3 is 4.48 Å². The van der Waals surface area contributed by atoms with Crippen molar-refractivity contribution >= 4 is 5.71 Å². The zero-order valence-corrected chi connectivity index (χ0v) is 8.80. The molecule has 0 atom stereocenters. The minimum absolute atomic E-state index is 0.899. The summed E-state index contributed by atoms with van der Waals surface area (Å²) in [6.07, 6.45) is 3.07. The lowest BCUT2D eigenvalue weighted by atomic mass is 10.3. The number of rotatable bonds is 5. The van der Waals surface area contributed by atoms with Crippen molar-refractivity contribution in [1.82, 2.24) is 0 Å². The Kier molecular flexibility index (Phi) is 5.14. The summed E-state index contributed by atoms with van der Waals surface area (Å²) in [5.41, 5.74) is 0.899. The van der Waals surface area contributed by atoms with E-state index >= 15 is 0 Å². The average molecular weight is 169 g/mol. The number of hydrogen-bond donors (Lipinski definition) is 0. The van der Waals surface area contributed by atoms with Crippen molar-refractivity contribution < 1.29 is 4.48 Å². The van der Waals surface area contributed by atoms with E-state index < -0.39 is 0 Å². The molecular weight excluding hydrogens is 148 g/mol. The summed E-state index contributed by atoms with van der Waals surface area (Å²) in [5, 5.41) is 0. The predicted octanol–water partition coefficient (Wildman–Crippen LogP) is 1.58. The summed E-state index contributed by atoms with van der Waals surface area (Å²) >= 11 is 0. The molecule has 2 heteroatoms. The molecule has 0 fully saturated rings. The molecule has 0 amide bonds. The highest BCUT2D eigenvalue weighted by atomic mass is 15.3. The van der Waals surface area contributed by atoms with Crippen LogP contribution in [0.4, 0.5) is 0 Å². The van der Waals surface area contributed by atoms with Crippen LogP contribution in [0.1, 0.15) is 13.3 Å². The standard InChI is InChI=1S/C10H21N2/c1-6-10(2)11-8-7-9-12(3,4)5/h6H,2,7-9H2,1,3-5H3/q+1/b11-10-. The highest BCUT2D eigenvalue weighted by Crippen LogP contribution is 1.94. The average Bonchev–Trinajstić information content (AvgIpc) is 1.96. The van der Waals surface area contributed by atoms with E-state index in [1.807, 2.05) is 13.3 Å². The molecule has 0 aromatic carbocycles. The van der Waals surface area contributed by atoms with E-state index in [9.17, 15) is 0 Å². The fraction of sp³-hybridized carbons (Fsp3) is 0.700. The van der Waals surface area contributed by atoms with Crippen LogP contribution < -0.4 is 0 Å². The van der Waals surface area contributed by atoms with Gasteiger partial charge in [0.2, 0.25) is 0 Å². The number of nitrogens with zero attached hydrogens (tertiary/aromatic N) is 2. The summed E-state index contributed by atoms with van der Waals surface area (Å²) in [5.74, 6) is 0. The Morgan fingerprint density at radius 3 is 2.42 bits per heavy atom. The lowest BCUT2D eigenvalue weighted by molar-refractivity contribution is -0.870. The molecule has 0 aromatic heterocycles. The van der Waals surface area contributed by atoms with E-state index in [2.05, 4.69) is 33.1 Å². The van der Waals surface area contributed by atoms with E-state index in [0.717, 1.165) is 23.2 Å². The van der Waals surface area contributed by atoms with Gasteiger partial charge in [0.1, 0.15) is 0 Å². The zero-order chi connectivity index (χ0) is 9.61. The lowest BCUT2D eigenvalue weighted by Gasteiger charge is -2.23. The molecule has 0 spiro atoms. The first kappa shape index (κ1) is 11.6. The fourth-order valence-electron chi connectivity index (χ4n) is 0.859. The van der Waals surface area contributed by atoms with Gasteiger partial charge in [0.05, 0.1) is 27.7 Å². The van der Waals surface area contributed by atoms with Gasteiger partial charge in [-0.25, -0.2) is 0 Å². The Hall–Kier alpha value is -0.370. The van der Waals surface area contributed by atoms with Gasteiger partial charge in [-0.3, -0.25) is 4.99 Å². The molecule has 0 rings (SSSR count). The third-order valence-electron chi connectivity index (χ3n) is 1.64. The van der Waals surface area contributed by atoms with Crippen molar-refractivity contribution in [3.63, 3.8) is 0 Å². The number of hydrogen-bond acceptors (Lipinski definition) is 1. The molecule has 0 N–H and O–H groups in total. The highest BCUT2D eigenvalue weighted by molar-refractivity contribution is 5.95. The van der Waals surface area contributed by atoms with Gasteiger partial charge in [-0.1, -0.05) is 6.92 Å².